The van der Waals surface area contributed by atoms with Crippen LogP contribution in [0.1, 0.15) is 11.5 Å². The molecule has 0 unspecified atom stereocenters. The predicted molar refractivity (Wildman–Crippen MR) is 75.2 cm³/mol. The molecule has 3 aromatic rings. The molecule has 1 N–H and O–H groups in total. The standard InChI is InChI=1S/C15H15N3O/c1-11-13-6-2-3-7-14(13)15(18-17-11)16-9-8-12-5-4-10-19-12/h2-7,10H,8-9H2,1H3,(H,16,18). The Kier molecular flexibility index (Phi) is 3.14. The number of benzene rings is 1. The first kappa shape index (κ1) is 11.7. The Bertz CT molecular complexity index is 677. The van der Waals surface area contributed by atoms with Gasteiger partial charge in [-0.05, 0) is 19.1 Å². The smallest absolute Gasteiger partial charge is 0.156 e. The lowest BCUT2D eigenvalue weighted by molar-refractivity contribution is 0.513. The zero-order valence-electron chi connectivity index (χ0n) is 10.8. The van der Waals surface area contributed by atoms with Crippen LogP contribution in [0.25, 0.3) is 10.8 Å². The molecule has 96 valence electrons. The van der Waals surface area contributed by atoms with Gasteiger partial charge in [0.2, 0.25) is 0 Å². The number of fused-ring (bicyclic) bond motifs is 1. The van der Waals surface area contributed by atoms with Crippen LogP contribution in [-0.2, 0) is 6.42 Å². The largest absolute Gasteiger partial charge is 0.469 e. The maximum atomic E-state index is 5.30. The third kappa shape index (κ3) is 2.42. The van der Waals surface area contributed by atoms with Crippen LogP contribution in [0.4, 0.5) is 5.82 Å². The van der Waals surface area contributed by atoms with E-state index in [0.29, 0.717) is 0 Å². The summed E-state index contributed by atoms with van der Waals surface area (Å²) in [6, 6.07) is 12.0. The van der Waals surface area contributed by atoms with Gasteiger partial charge in [0.15, 0.2) is 5.82 Å². The Hall–Kier alpha value is -2.36. The third-order valence-corrected chi connectivity index (χ3v) is 3.12. The molecule has 4 heteroatoms. The highest BCUT2D eigenvalue weighted by Gasteiger charge is 2.05. The number of hydrogen-bond acceptors (Lipinski definition) is 4. The molecule has 0 atom stereocenters. The van der Waals surface area contributed by atoms with Crippen LogP contribution in [0.2, 0.25) is 0 Å². The van der Waals surface area contributed by atoms with Crippen molar-refractivity contribution in [3.05, 3.63) is 54.1 Å². The minimum Gasteiger partial charge on any atom is -0.469 e. The minimum atomic E-state index is 0.773. The van der Waals surface area contributed by atoms with Crippen molar-refractivity contribution in [2.24, 2.45) is 0 Å². The molecular weight excluding hydrogens is 238 g/mol. The summed E-state index contributed by atoms with van der Waals surface area (Å²) >= 11 is 0. The minimum absolute atomic E-state index is 0.773. The third-order valence-electron chi connectivity index (χ3n) is 3.12. The second kappa shape index (κ2) is 5.10. The Morgan fingerprint density at radius 3 is 2.68 bits per heavy atom. The summed E-state index contributed by atoms with van der Waals surface area (Å²) in [4.78, 5) is 0. The molecule has 0 aliphatic heterocycles. The van der Waals surface area contributed by atoms with Crippen molar-refractivity contribution in [1.29, 1.82) is 0 Å². The van der Waals surface area contributed by atoms with Crippen molar-refractivity contribution < 1.29 is 4.42 Å². The summed E-state index contributed by atoms with van der Waals surface area (Å²) in [6.07, 6.45) is 2.52. The van der Waals surface area contributed by atoms with Crippen molar-refractivity contribution in [2.75, 3.05) is 11.9 Å². The van der Waals surface area contributed by atoms with Crippen LogP contribution in [-0.4, -0.2) is 16.7 Å². The molecule has 0 saturated carbocycles. The van der Waals surface area contributed by atoms with Crippen molar-refractivity contribution >= 4 is 16.6 Å². The van der Waals surface area contributed by atoms with Gasteiger partial charge in [-0.1, -0.05) is 24.3 Å². The highest BCUT2D eigenvalue weighted by molar-refractivity contribution is 5.92. The summed E-state index contributed by atoms with van der Waals surface area (Å²) in [5, 5.41) is 14.0. The fourth-order valence-corrected chi connectivity index (χ4v) is 2.13. The topological polar surface area (TPSA) is 51.0 Å². The van der Waals surface area contributed by atoms with E-state index in [1.807, 2.05) is 31.2 Å². The van der Waals surface area contributed by atoms with E-state index >= 15 is 0 Å². The van der Waals surface area contributed by atoms with Gasteiger partial charge in [0.1, 0.15) is 5.76 Å². The van der Waals surface area contributed by atoms with Crippen LogP contribution >= 0.6 is 0 Å². The van der Waals surface area contributed by atoms with Gasteiger partial charge in [-0.25, -0.2) is 0 Å². The molecule has 0 aliphatic rings. The Labute approximate surface area is 111 Å². The van der Waals surface area contributed by atoms with Gasteiger partial charge in [0, 0.05) is 23.7 Å². The average molecular weight is 253 g/mol. The second-order valence-corrected chi connectivity index (χ2v) is 4.44. The second-order valence-electron chi connectivity index (χ2n) is 4.44. The van der Waals surface area contributed by atoms with Crippen LogP contribution < -0.4 is 5.32 Å². The highest BCUT2D eigenvalue weighted by Crippen LogP contribution is 2.22. The lowest BCUT2D eigenvalue weighted by atomic mass is 10.1. The molecule has 0 bridgehead atoms. The molecule has 2 aromatic heterocycles. The van der Waals surface area contributed by atoms with E-state index in [1.54, 1.807) is 6.26 Å². The molecule has 0 saturated heterocycles. The maximum Gasteiger partial charge on any atom is 0.156 e. The van der Waals surface area contributed by atoms with Gasteiger partial charge in [-0.2, -0.15) is 5.10 Å². The summed E-state index contributed by atoms with van der Waals surface area (Å²) in [6.45, 7) is 2.75. The van der Waals surface area contributed by atoms with Crippen molar-refractivity contribution in [3.8, 4) is 0 Å². The fraction of sp³-hybridized carbons (Fsp3) is 0.200. The molecular formula is C15H15N3O. The Morgan fingerprint density at radius 1 is 1.05 bits per heavy atom. The first-order valence-electron chi connectivity index (χ1n) is 6.33. The highest BCUT2D eigenvalue weighted by atomic mass is 16.3. The monoisotopic (exact) mass is 253 g/mol. The molecule has 1 aromatic carbocycles. The Balaban J connectivity index is 1.79. The number of rotatable bonds is 4. The van der Waals surface area contributed by atoms with Crippen molar-refractivity contribution in [3.63, 3.8) is 0 Å². The molecule has 0 amide bonds. The van der Waals surface area contributed by atoms with E-state index in [0.717, 1.165) is 41.0 Å². The van der Waals surface area contributed by atoms with Gasteiger partial charge in [-0.3, -0.25) is 0 Å². The molecule has 0 aliphatic carbocycles. The average Bonchev–Trinajstić information content (AvgIpc) is 2.95. The molecule has 19 heavy (non-hydrogen) atoms. The molecule has 3 rings (SSSR count). The van der Waals surface area contributed by atoms with Gasteiger partial charge in [0.05, 0.1) is 12.0 Å². The normalized spacial score (nSPS) is 10.8. The molecule has 4 nitrogen and oxygen atoms in total. The number of nitrogens with one attached hydrogen (secondary N) is 1. The lowest BCUT2D eigenvalue weighted by Crippen LogP contribution is -2.07. The van der Waals surface area contributed by atoms with Gasteiger partial charge in [0.25, 0.3) is 0 Å². The van der Waals surface area contributed by atoms with Gasteiger partial charge < -0.3 is 9.73 Å². The molecule has 0 fully saturated rings. The number of furan rings is 1. The van der Waals surface area contributed by atoms with E-state index in [9.17, 15) is 0 Å². The van der Waals surface area contributed by atoms with Crippen LogP contribution in [0.3, 0.4) is 0 Å². The number of aromatic nitrogens is 2. The number of nitrogens with zero attached hydrogens (tertiary/aromatic N) is 2. The van der Waals surface area contributed by atoms with Crippen molar-refractivity contribution in [1.82, 2.24) is 10.2 Å². The summed E-state index contributed by atoms with van der Waals surface area (Å²) < 4.78 is 5.30. The number of anilines is 1. The first-order chi connectivity index (χ1) is 9.34. The van der Waals surface area contributed by atoms with Crippen LogP contribution in [0, 0.1) is 6.92 Å². The van der Waals surface area contributed by atoms with Crippen LogP contribution in [0.5, 0.6) is 0 Å². The Morgan fingerprint density at radius 2 is 1.89 bits per heavy atom. The number of hydrogen-bond donors (Lipinski definition) is 1. The van der Waals surface area contributed by atoms with Gasteiger partial charge in [-0.15, -0.1) is 5.10 Å². The van der Waals surface area contributed by atoms with Crippen molar-refractivity contribution in [2.45, 2.75) is 13.3 Å². The summed E-state index contributed by atoms with van der Waals surface area (Å²) in [7, 11) is 0. The summed E-state index contributed by atoms with van der Waals surface area (Å²) in [5.41, 5.74) is 0.951. The van der Waals surface area contributed by atoms with Gasteiger partial charge >= 0.3 is 0 Å². The SMILES string of the molecule is Cc1nnc(NCCc2ccco2)c2ccccc12. The predicted octanol–water partition coefficient (Wildman–Crippen LogP) is 3.19. The number of aryl methyl sites for hydroxylation is 1. The van der Waals surface area contributed by atoms with E-state index < -0.39 is 0 Å². The lowest BCUT2D eigenvalue weighted by Gasteiger charge is -2.08. The first-order valence-corrected chi connectivity index (χ1v) is 6.33. The molecule has 2 heterocycles. The van der Waals surface area contributed by atoms with E-state index in [1.165, 1.54) is 0 Å². The van der Waals surface area contributed by atoms with E-state index in [-0.39, 0.29) is 0 Å². The zero-order valence-corrected chi connectivity index (χ0v) is 10.8. The fourth-order valence-electron chi connectivity index (χ4n) is 2.13. The maximum absolute atomic E-state index is 5.30. The van der Waals surface area contributed by atoms with Crippen LogP contribution in [0.15, 0.2) is 47.1 Å². The van der Waals surface area contributed by atoms with E-state index in [2.05, 4.69) is 27.6 Å². The van der Waals surface area contributed by atoms with E-state index in [4.69, 9.17) is 4.42 Å². The molecule has 0 radical (unpaired) electrons. The zero-order chi connectivity index (χ0) is 13.1. The molecule has 0 spiro atoms. The quantitative estimate of drug-likeness (QED) is 0.775. The summed E-state index contributed by atoms with van der Waals surface area (Å²) in [5.74, 6) is 1.80.